The van der Waals surface area contributed by atoms with E-state index in [1.54, 1.807) is 7.05 Å². The molecule has 0 aliphatic carbocycles. The lowest BCUT2D eigenvalue weighted by molar-refractivity contribution is -0.124. The summed E-state index contributed by atoms with van der Waals surface area (Å²) in [5.41, 5.74) is 1.40. The molecule has 8 nitrogen and oxygen atoms in total. The van der Waals surface area contributed by atoms with Gasteiger partial charge in [-0.3, -0.25) is 29.6 Å². The maximum Gasteiger partial charge on any atom is 0.328 e. The Morgan fingerprint density at radius 3 is 2.81 bits per heavy atom. The van der Waals surface area contributed by atoms with Gasteiger partial charge in [0.1, 0.15) is 6.54 Å². The number of carbonyl (C=O) groups excluding carboxylic acids is 1. The molecule has 3 N–H and O–H groups in total. The number of hydrazine groups is 1. The van der Waals surface area contributed by atoms with E-state index in [1.807, 2.05) is 0 Å². The van der Waals surface area contributed by atoms with Crippen molar-refractivity contribution < 1.29 is 4.79 Å². The minimum atomic E-state index is -0.635. The monoisotopic (exact) mass is 313 g/mol. The van der Waals surface area contributed by atoms with Gasteiger partial charge in [-0.25, -0.2) is 4.79 Å². The maximum atomic E-state index is 11.8. The fraction of sp³-hybridized carbons (Fsp3) is 0.500. The highest BCUT2D eigenvalue weighted by atomic mass is 32.1. The van der Waals surface area contributed by atoms with Gasteiger partial charge in [-0.15, -0.1) is 0 Å². The standard InChI is InChI=1S/C12H19N5O3S/c1-3-4-6-13-12(21)16(2)15-10(19)8-17-7-5-9(18)14-11(17)20/h5,7H,3-4,6,8H2,1-2H3,(H,13,21)(H,15,19)(H,14,18,20). The van der Waals surface area contributed by atoms with Crippen molar-refractivity contribution in [3.63, 3.8) is 0 Å². The van der Waals surface area contributed by atoms with Crippen LogP contribution in [-0.4, -0.2) is 39.2 Å². The summed E-state index contributed by atoms with van der Waals surface area (Å²) in [6.45, 7) is 2.59. The lowest BCUT2D eigenvalue weighted by Crippen LogP contribution is -2.49. The van der Waals surface area contributed by atoms with Gasteiger partial charge in [-0.2, -0.15) is 0 Å². The quantitative estimate of drug-likeness (QED) is 0.373. The topological polar surface area (TPSA) is 99.2 Å². The third kappa shape index (κ3) is 5.78. The van der Waals surface area contributed by atoms with Gasteiger partial charge in [0, 0.05) is 25.9 Å². The average molecular weight is 313 g/mol. The largest absolute Gasteiger partial charge is 0.361 e. The van der Waals surface area contributed by atoms with Crippen molar-refractivity contribution >= 4 is 23.2 Å². The van der Waals surface area contributed by atoms with E-state index in [0.29, 0.717) is 5.11 Å². The van der Waals surface area contributed by atoms with Crippen molar-refractivity contribution in [1.29, 1.82) is 0 Å². The molecule has 0 saturated heterocycles. The van der Waals surface area contributed by atoms with Gasteiger partial charge in [0.2, 0.25) is 0 Å². The predicted octanol–water partition coefficient (Wildman–Crippen LogP) is -0.826. The van der Waals surface area contributed by atoms with E-state index in [2.05, 4.69) is 22.7 Å². The molecule has 1 heterocycles. The zero-order valence-corrected chi connectivity index (χ0v) is 12.8. The van der Waals surface area contributed by atoms with E-state index in [0.717, 1.165) is 24.0 Å². The highest BCUT2D eigenvalue weighted by Gasteiger charge is 2.09. The Labute approximate surface area is 127 Å². The Hall–Kier alpha value is -2.16. The normalized spacial score (nSPS) is 10.0. The first-order valence-electron chi connectivity index (χ1n) is 6.55. The van der Waals surface area contributed by atoms with Crippen LogP contribution in [0.2, 0.25) is 0 Å². The molecular weight excluding hydrogens is 294 g/mol. The number of thiocarbonyl (C=S) groups is 1. The van der Waals surface area contributed by atoms with Crippen LogP contribution in [0.5, 0.6) is 0 Å². The van der Waals surface area contributed by atoms with Crippen molar-refractivity contribution in [2.24, 2.45) is 0 Å². The van der Waals surface area contributed by atoms with Gasteiger partial charge >= 0.3 is 5.69 Å². The number of carbonyl (C=O) groups is 1. The van der Waals surface area contributed by atoms with Crippen molar-refractivity contribution in [3.8, 4) is 0 Å². The predicted molar refractivity (Wildman–Crippen MR) is 82.7 cm³/mol. The second-order valence-corrected chi connectivity index (χ2v) is 4.80. The molecule has 0 aromatic carbocycles. The summed E-state index contributed by atoms with van der Waals surface area (Å²) in [5.74, 6) is -0.425. The number of amides is 1. The fourth-order valence-electron chi connectivity index (χ4n) is 1.49. The summed E-state index contributed by atoms with van der Waals surface area (Å²) in [4.78, 5) is 36.2. The van der Waals surface area contributed by atoms with Crippen LogP contribution in [-0.2, 0) is 11.3 Å². The second-order valence-electron chi connectivity index (χ2n) is 4.42. The van der Waals surface area contributed by atoms with Gasteiger partial charge in [0.15, 0.2) is 5.11 Å². The van der Waals surface area contributed by atoms with E-state index in [9.17, 15) is 14.4 Å². The van der Waals surface area contributed by atoms with E-state index >= 15 is 0 Å². The van der Waals surface area contributed by atoms with Crippen LogP contribution < -0.4 is 22.0 Å². The van der Waals surface area contributed by atoms with Crippen LogP contribution in [0, 0.1) is 0 Å². The Morgan fingerprint density at radius 1 is 1.48 bits per heavy atom. The molecule has 0 unspecified atom stereocenters. The first kappa shape index (κ1) is 16.9. The Bertz CT molecular complexity index is 609. The lowest BCUT2D eigenvalue weighted by atomic mass is 10.3. The summed E-state index contributed by atoms with van der Waals surface area (Å²) in [5, 5.41) is 4.77. The summed E-state index contributed by atoms with van der Waals surface area (Å²) < 4.78 is 1.10. The van der Waals surface area contributed by atoms with Gasteiger partial charge in [-0.1, -0.05) is 13.3 Å². The molecule has 1 rings (SSSR count). The smallest absolute Gasteiger partial charge is 0.328 e. The molecule has 1 aromatic rings. The minimum Gasteiger partial charge on any atom is -0.361 e. The van der Waals surface area contributed by atoms with Crippen molar-refractivity contribution in [1.82, 2.24) is 25.3 Å². The highest BCUT2D eigenvalue weighted by molar-refractivity contribution is 7.80. The number of aromatic amines is 1. The third-order valence-corrected chi connectivity index (χ3v) is 3.03. The fourth-order valence-corrected chi connectivity index (χ4v) is 1.64. The van der Waals surface area contributed by atoms with Gasteiger partial charge in [0.05, 0.1) is 0 Å². The SMILES string of the molecule is CCCCNC(=S)N(C)NC(=O)Cn1ccc(=O)[nH]c1=O. The van der Waals surface area contributed by atoms with Crippen molar-refractivity contribution in [3.05, 3.63) is 33.1 Å². The average Bonchev–Trinajstić information content (AvgIpc) is 2.42. The van der Waals surface area contributed by atoms with E-state index in [1.165, 1.54) is 17.3 Å². The highest BCUT2D eigenvalue weighted by Crippen LogP contribution is 1.86. The Kier molecular flexibility index (Phi) is 6.60. The molecule has 21 heavy (non-hydrogen) atoms. The summed E-state index contributed by atoms with van der Waals surface area (Å²) in [7, 11) is 1.61. The number of nitrogens with one attached hydrogen (secondary N) is 3. The summed E-state index contributed by atoms with van der Waals surface area (Å²) >= 11 is 5.10. The van der Waals surface area contributed by atoms with E-state index in [-0.39, 0.29) is 6.54 Å². The molecular formula is C12H19N5O3S. The van der Waals surface area contributed by atoms with Crippen LogP contribution >= 0.6 is 12.2 Å². The maximum absolute atomic E-state index is 11.8. The first-order valence-corrected chi connectivity index (χ1v) is 6.95. The second kappa shape index (κ2) is 8.20. The number of nitrogens with zero attached hydrogens (tertiary/aromatic N) is 2. The van der Waals surface area contributed by atoms with Crippen molar-refractivity contribution in [2.45, 2.75) is 26.3 Å². The van der Waals surface area contributed by atoms with Crippen LogP contribution in [0.15, 0.2) is 21.9 Å². The van der Waals surface area contributed by atoms with Crippen LogP contribution in [0.1, 0.15) is 19.8 Å². The molecule has 116 valence electrons. The summed E-state index contributed by atoms with van der Waals surface area (Å²) in [6.07, 6.45) is 3.29. The molecule has 0 atom stereocenters. The summed E-state index contributed by atoms with van der Waals surface area (Å²) in [6, 6.07) is 1.18. The third-order valence-electron chi connectivity index (χ3n) is 2.61. The van der Waals surface area contributed by atoms with E-state index in [4.69, 9.17) is 12.2 Å². The molecule has 1 amide bonds. The van der Waals surface area contributed by atoms with Gasteiger partial charge in [-0.05, 0) is 18.6 Å². The molecule has 0 aliphatic rings. The number of unbranched alkanes of at least 4 members (excludes halogenated alkanes) is 1. The minimum absolute atomic E-state index is 0.211. The molecule has 0 fully saturated rings. The molecule has 1 aromatic heterocycles. The number of H-pyrrole nitrogens is 1. The molecule has 9 heteroatoms. The molecule has 0 spiro atoms. The molecule has 0 aliphatic heterocycles. The Balaban J connectivity index is 2.51. The van der Waals surface area contributed by atoms with Crippen LogP contribution in [0.3, 0.4) is 0 Å². The van der Waals surface area contributed by atoms with E-state index < -0.39 is 17.2 Å². The number of hydrogen-bond donors (Lipinski definition) is 3. The van der Waals surface area contributed by atoms with Gasteiger partial charge < -0.3 is 5.32 Å². The molecule has 0 saturated carbocycles. The van der Waals surface area contributed by atoms with Crippen LogP contribution in [0.4, 0.5) is 0 Å². The van der Waals surface area contributed by atoms with Crippen LogP contribution in [0.25, 0.3) is 0 Å². The Morgan fingerprint density at radius 2 is 2.19 bits per heavy atom. The van der Waals surface area contributed by atoms with Gasteiger partial charge in [0.25, 0.3) is 11.5 Å². The lowest BCUT2D eigenvalue weighted by Gasteiger charge is -2.21. The zero-order valence-electron chi connectivity index (χ0n) is 12.0. The number of aromatic nitrogens is 2. The number of hydrogen-bond acceptors (Lipinski definition) is 4. The molecule has 0 radical (unpaired) electrons. The number of rotatable bonds is 5. The first-order chi connectivity index (χ1) is 9.93. The van der Waals surface area contributed by atoms with Crippen molar-refractivity contribution in [2.75, 3.05) is 13.6 Å². The molecule has 0 bridgehead atoms. The zero-order chi connectivity index (χ0) is 15.8.